The van der Waals surface area contributed by atoms with Gasteiger partial charge in [0.25, 0.3) is 5.69 Å². The average Bonchev–Trinajstić information content (AvgIpc) is 2.38. The molecule has 7 heteroatoms. The summed E-state index contributed by atoms with van der Waals surface area (Å²) < 4.78 is 5.61. The molecule has 0 heterocycles. The number of nitrogens with one attached hydrogen (secondary N) is 1. The third-order valence-electron chi connectivity index (χ3n) is 2.59. The Morgan fingerprint density at radius 2 is 2.25 bits per heavy atom. The molecule has 0 spiro atoms. The van der Waals surface area contributed by atoms with Gasteiger partial charge in [0, 0.05) is 29.1 Å². The number of benzene rings is 1. The van der Waals surface area contributed by atoms with Crippen LogP contribution in [-0.2, 0) is 16.1 Å². The third-order valence-corrected chi connectivity index (χ3v) is 3.09. The minimum absolute atomic E-state index is 0.0890. The lowest BCUT2D eigenvalue weighted by Crippen LogP contribution is -2.17. The van der Waals surface area contributed by atoms with E-state index in [9.17, 15) is 14.9 Å². The van der Waals surface area contributed by atoms with Crippen molar-refractivity contribution in [2.45, 2.75) is 26.3 Å². The van der Waals surface area contributed by atoms with Crippen LogP contribution < -0.4 is 5.32 Å². The molecule has 0 aromatic heterocycles. The second-order valence-corrected chi connectivity index (χ2v) is 5.03. The zero-order chi connectivity index (χ0) is 15.0. The maximum absolute atomic E-state index is 11.1. The van der Waals surface area contributed by atoms with E-state index in [1.165, 1.54) is 6.07 Å². The molecule has 0 unspecified atom stereocenters. The first kappa shape index (κ1) is 16.6. The summed E-state index contributed by atoms with van der Waals surface area (Å²) in [6.07, 6.45) is 0.988. The fourth-order valence-corrected chi connectivity index (χ4v) is 2.10. The Balaban J connectivity index is 2.40. The Morgan fingerprint density at radius 3 is 2.90 bits per heavy atom. The maximum atomic E-state index is 11.1. The molecule has 0 radical (unpaired) electrons. The summed E-state index contributed by atoms with van der Waals surface area (Å²) in [7, 11) is 0. The molecule has 20 heavy (non-hydrogen) atoms. The van der Waals surface area contributed by atoms with Crippen molar-refractivity contribution >= 4 is 27.6 Å². The molecule has 0 saturated heterocycles. The van der Waals surface area contributed by atoms with E-state index < -0.39 is 4.92 Å². The van der Waals surface area contributed by atoms with Crippen molar-refractivity contribution in [3.63, 3.8) is 0 Å². The number of carbonyl (C=O) groups excluding carboxylic acids is 1. The molecule has 0 amide bonds. The normalized spacial score (nSPS) is 10.3. The van der Waals surface area contributed by atoms with Crippen molar-refractivity contribution in [1.29, 1.82) is 0 Å². The number of hydrogen-bond acceptors (Lipinski definition) is 5. The number of rotatable bonds is 8. The van der Waals surface area contributed by atoms with E-state index in [-0.39, 0.29) is 11.7 Å². The number of hydrogen-bond donors (Lipinski definition) is 1. The Kier molecular flexibility index (Phi) is 7.17. The topological polar surface area (TPSA) is 81.5 Å². The van der Waals surface area contributed by atoms with E-state index in [0.717, 1.165) is 4.47 Å². The van der Waals surface area contributed by atoms with Gasteiger partial charge in [0.2, 0.25) is 0 Å². The zero-order valence-corrected chi connectivity index (χ0v) is 12.8. The molecule has 0 aliphatic heterocycles. The molecule has 1 N–H and O–H groups in total. The summed E-state index contributed by atoms with van der Waals surface area (Å²) in [6.45, 7) is 3.14. The Hall–Kier alpha value is -1.47. The van der Waals surface area contributed by atoms with E-state index in [0.29, 0.717) is 38.1 Å². The van der Waals surface area contributed by atoms with Gasteiger partial charge in [-0.2, -0.15) is 0 Å². The number of nitro groups is 1. The fourth-order valence-electron chi connectivity index (χ4n) is 1.69. The highest BCUT2D eigenvalue weighted by Gasteiger charge is 2.13. The first-order chi connectivity index (χ1) is 9.54. The van der Waals surface area contributed by atoms with Crippen LogP contribution in [0.25, 0.3) is 0 Å². The summed E-state index contributed by atoms with van der Waals surface area (Å²) in [5.41, 5.74) is 0.701. The first-order valence-electron chi connectivity index (χ1n) is 6.33. The van der Waals surface area contributed by atoms with Gasteiger partial charge in [-0.3, -0.25) is 14.9 Å². The second-order valence-electron chi connectivity index (χ2n) is 4.12. The van der Waals surface area contributed by atoms with Gasteiger partial charge in [0.15, 0.2) is 0 Å². The number of ether oxygens (including phenoxy) is 1. The van der Waals surface area contributed by atoms with Gasteiger partial charge in [0.05, 0.1) is 11.5 Å². The van der Waals surface area contributed by atoms with Crippen LogP contribution >= 0.6 is 15.9 Å². The predicted octanol–water partition coefficient (Wildman–Crippen LogP) is 2.79. The van der Waals surface area contributed by atoms with Crippen molar-refractivity contribution in [2.75, 3.05) is 13.2 Å². The van der Waals surface area contributed by atoms with Gasteiger partial charge in [-0.1, -0.05) is 15.9 Å². The van der Waals surface area contributed by atoms with Gasteiger partial charge in [0.1, 0.15) is 0 Å². The van der Waals surface area contributed by atoms with Crippen LogP contribution in [0.2, 0.25) is 0 Å². The molecular weight excluding hydrogens is 328 g/mol. The third kappa shape index (κ3) is 5.66. The lowest BCUT2D eigenvalue weighted by molar-refractivity contribution is -0.385. The lowest BCUT2D eigenvalue weighted by Gasteiger charge is -2.06. The molecule has 1 rings (SSSR count). The van der Waals surface area contributed by atoms with E-state index >= 15 is 0 Å². The fraction of sp³-hybridized carbons (Fsp3) is 0.462. The van der Waals surface area contributed by atoms with Crippen LogP contribution in [-0.4, -0.2) is 24.0 Å². The van der Waals surface area contributed by atoms with Gasteiger partial charge < -0.3 is 10.1 Å². The van der Waals surface area contributed by atoms with Crippen molar-refractivity contribution < 1.29 is 14.5 Å². The van der Waals surface area contributed by atoms with E-state index in [1.807, 2.05) is 0 Å². The van der Waals surface area contributed by atoms with Crippen LogP contribution in [0.4, 0.5) is 5.69 Å². The Labute approximate surface area is 125 Å². The van der Waals surface area contributed by atoms with Crippen LogP contribution in [0.3, 0.4) is 0 Å². The molecule has 0 bridgehead atoms. The summed E-state index contributed by atoms with van der Waals surface area (Å²) in [4.78, 5) is 21.6. The van der Waals surface area contributed by atoms with Crippen LogP contribution in [0.15, 0.2) is 22.7 Å². The molecule has 1 aromatic rings. The lowest BCUT2D eigenvalue weighted by atomic mass is 10.2. The first-order valence-corrected chi connectivity index (χ1v) is 7.13. The summed E-state index contributed by atoms with van der Waals surface area (Å²) in [5, 5.41) is 14.0. The van der Waals surface area contributed by atoms with Gasteiger partial charge in [-0.15, -0.1) is 0 Å². The number of nitro benzene ring substituents is 1. The largest absolute Gasteiger partial charge is 0.466 e. The van der Waals surface area contributed by atoms with Gasteiger partial charge in [-0.25, -0.2) is 0 Å². The Bertz CT molecular complexity index is 479. The highest BCUT2D eigenvalue weighted by atomic mass is 79.9. The quantitative estimate of drug-likeness (QED) is 0.339. The number of carbonyl (C=O) groups is 1. The van der Waals surface area contributed by atoms with Crippen LogP contribution in [0, 0.1) is 10.1 Å². The standard InChI is InChI=1S/C13H17BrN2O4/c1-2-20-13(17)4-3-7-15-9-10-8-11(14)5-6-12(10)16(18)19/h5-6,8,15H,2-4,7,9H2,1H3. The molecule has 0 aliphatic carbocycles. The molecule has 110 valence electrons. The molecule has 0 aliphatic rings. The number of nitrogens with zero attached hydrogens (tertiary/aromatic N) is 1. The number of esters is 1. The van der Waals surface area contributed by atoms with Crippen molar-refractivity contribution in [2.24, 2.45) is 0 Å². The summed E-state index contributed by atoms with van der Waals surface area (Å²) >= 11 is 3.29. The second kappa shape index (κ2) is 8.65. The van der Waals surface area contributed by atoms with Crippen LogP contribution in [0.5, 0.6) is 0 Å². The van der Waals surface area contributed by atoms with E-state index in [4.69, 9.17) is 4.74 Å². The Morgan fingerprint density at radius 1 is 1.50 bits per heavy atom. The predicted molar refractivity (Wildman–Crippen MR) is 78.4 cm³/mol. The molecule has 6 nitrogen and oxygen atoms in total. The van der Waals surface area contributed by atoms with E-state index in [2.05, 4.69) is 21.2 Å². The smallest absolute Gasteiger partial charge is 0.305 e. The van der Waals surface area contributed by atoms with Crippen molar-refractivity contribution in [3.8, 4) is 0 Å². The number of halogens is 1. The molecule has 0 atom stereocenters. The minimum atomic E-state index is -0.401. The maximum Gasteiger partial charge on any atom is 0.305 e. The average molecular weight is 345 g/mol. The summed E-state index contributed by atoms with van der Waals surface area (Å²) in [5.74, 6) is -0.220. The zero-order valence-electron chi connectivity index (χ0n) is 11.2. The van der Waals surface area contributed by atoms with Gasteiger partial charge >= 0.3 is 5.97 Å². The van der Waals surface area contributed by atoms with Crippen molar-refractivity contribution in [3.05, 3.63) is 38.3 Å². The molecular formula is C13H17BrN2O4. The molecule has 1 aromatic carbocycles. The summed E-state index contributed by atoms with van der Waals surface area (Å²) in [6, 6.07) is 4.83. The van der Waals surface area contributed by atoms with Crippen molar-refractivity contribution in [1.82, 2.24) is 5.32 Å². The highest BCUT2D eigenvalue weighted by molar-refractivity contribution is 9.10. The SMILES string of the molecule is CCOC(=O)CCCNCc1cc(Br)ccc1[N+](=O)[O-]. The van der Waals surface area contributed by atoms with Gasteiger partial charge in [-0.05, 0) is 32.0 Å². The van der Waals surface area contributed by atoms with E-state index in [1.54, 1.807) is 19.1 Å². The minimum Gasteiger partial charge on any atom is -0.466 e. The monoisotopic (exact) mass is 344 g/mol. The highest BCUT2D eigenvalue weighted by Crippen LogP contribution is 2.22. The van der Waals surface area contributed by atoms with Crippen LogP contribution in [0.1, 0.15) is 25.3 Å². The molecule has 0 saturated carbocycles. The molecule has 0 fully saturated rings.